The number of amides is 1. The summed E-state index contributed by atoms with van der Waals surface area (Å²) >= 11 is 18.3. The molecule has 1 amide bonds. The highest BCUT2D eigenvalue weighted by molar-refractivity contribution is 7.89. The molecule has 29 heavy (non-hydrogen) atoms. The predicted molar refractivity (Wildman–Crippen MR) is 115 cm³/mol. The molecule has 3 rings (SSSR count). The van der Waals surface area contributed by atoms with E-state index in [4.69, 9.17) is 39.5 Å². The topological polar surface area (TPSA) is 75.7 Å². The quantitative estimate of drug-likeness (QED) is 0.677. The van der Waals surface area contributed by atoms with Crippen LogP contribution in [0.15, 0.2) is 41.3 Å². The van der Waals surface area contributed by atoms with Gasteiger partial charge in [0.15, 0.2) is 0 Å². The predicted octanol–water partition coefficient (Wildman–Crippen LogP) is 4.69. The Bertz CT molecular complexity index is 1010. The first-order valence-electron chi connectivity index (χ1n) is 8.82. The third-order valence-electron chi connectivity index (χ3n) is 4.73. The highest BCUT2D eigenvalue weighted by Crippen LogP contribution is 2.32. The van der Waals surface area contributed by atoms with Gasteiger partial charge in [0.05, 0.1) is 38.7 Å². The number of ether oxygens (including phenoxy) is 1. The van der Waals surface area contributed by atoms with Crippen LogP contribution < -0.4 is 10.1 Å². The number of anilines is 1. The molecule has 1 fully saturated rings. The smallest absolute Gasteiger partial charge is 0.243 e. The van der Waals surface area contributed by atoms with Crippen LogP contribution >= 0.6 is 34.8 Å². The van der Waals surface area contributed by atoms with Crippen LogP contribution in [-0.4, -0.2) is 38.8 Å². The van der Waals surface area contributed by atoms with E-state index in [1.807, 2.05) is 0 Å². The first kappa shape index (κ1) is 22.2. The number of carbonyl (C=O) groups is 1. The average Bonchev–Trinajstić information content (AvgIpc) is 2.70. The van der Waals surface area contributed by atoms with Crippen molar-refractivity contribution in [3.63, 3.8) is 0 Å². The van der Waals surface area contributed by atoms with E-state index in [9.17, 15) is 13.2 Å². The van der Waals surface area contributed by atoms with Crippen LogP contribution in [0.2, 0.25) is 15.1 Å². The van der Waals surface area contributed by atoms with Gasteiger partial charge in [-0.15, -0.1) is 0 Å². The summed E-state index contributed by atoms with van der Waals surface area (Å²) in [5.41, 5.74) is 0.322. The largest absolute Gasteiger partial charge is 0.495 e. The van der Waals surface area contributed by atoms with Gasteiger partial charge in [0, 0.05) is 13.1 Å². The van der Waals surface area contributed by atoms with Gasteiger partial charge >= 0.3 is 0 Å². The number of hydrogen-bond acceptors (Lipinski definition) is 4. The third kappa shape index (κ3) is 4.81. The van der Waals surface area contributed by atoms with Crippen molar-refractivity contribution < 1.29 is 17.9 Å². The zero-order valence-electron chi connectivity index (χ0n) is 15.5. The molecule has 1 atom stereocenters. The lowest BCUT2D eigenvalue weighted by Crippen LogP contribution is -2.43. The molecule has 1 aliphatic rings. The third-order valence-corrected chi connectivity index (χ3v) is 7.51. The van der Waals surface area contributed by atoms with Gasteiger partial charge in [-0.3, -0.25) is 4.79 Å². The fourth-order valence-electron chi connectivity index (χ4n) is 3.17. The normalized spacial score (nSPS) is 17.7. The zero-order chi connectivity index (χ0) is 21.2. The maximum Gasteiger partial charge on any atom is 0.243 e. The molecule has 10 heteroatoms. The zero-order valence-corrected chi connectivity index (χ0v) is 18.6. The number of nitrogens with zero attached hydrogens (tertiary/aromatic N) is 1. The number of halogens is 3. The van der Waals surface area contributed by atoms with Crippen LogP contribution in [0.3, 0.4) is 0 Å². The molecule has 1 aliphatic heterocycles. The van der Waals surface area contributed by atoms with E-state index in [0.29, 0.717) is 40.9 Å². The molecule has 0 spiro atoms. The van der Waals surface area contributed by atoms with Crippen LogP contribution in [0, 0.1) is 5.92 Å². The lowest BCUT2D eigenvalue weighted by molar-refractivity contribution is -0.120. The van der Waals surface area contributed by atoms with Crippen molar-refractivity contribution >= 4 is 56.4 Å². The molecule has 156 valence electrons. The number of carbonyl (C=O) groups excluding carboxylic acids is 1. The molecule has 0 unspecified atom stereocenters. The molecule has 0 aromatic heterocycles. The van der Waals surface area contributed by atoms with Crippen LogP contribution in [0.1, 0.15) is 12.8 Å². The minimum atomic E-state index is -3.80. The van der Waals surface area contributed by atoms with Crippen molar-refractivity contribution in [1.29, 1.82) is 0 Å². The molecule has 0 bridgehead atoms. The van der Waals surface area contributed by atoms with Crippen molar-refractivity contribution in [2.24, 2.45) is 5.92 Å². The summed E-state index contributed by atoms with van der Waals surface area (Å²) in [6.45, 7) is 0.377. The highest BCUT2D eigenvalue weighted by Gasteiger charge is 2.34. The molecule has 2 aromatic carbocycles. The van der Waals surface area contributed by atoms with Crippen molar-refractivity contribution in [2.75, 3.05) is 25.5 Å². The van der Waals surface area contributed by atoms with E-state index in [-0.39, 0.29) is 22.4 Å². The first-order valence-corrected chi connectivity index (χ1v) is 11.4. The standard InChI is InChI=1S/C19H19Cl3N2O4S/c1-28-17-8-7-13(10-16(17)22)29(26,27)24-9-3-4-12(11-24)19(25)23-18-14(20)5-2-6-15(18)21/h2,5-8,10,12H,3-4,9,11H2,1H3,(H,23,25)/t12-/m0/s1. The summed E-state index contributed by atoms with van der Waals surface area (Å²) in [6, 6.07) is 9.20. The fraction of sp³-hybridized carbons (Fsp3) is 0.316. The monoisotopic (exact) mass is 476 g/mol. The number of para-hydroxylation sites is 1. The van der Waals surface area contributed by atoms with Crippen LogP contribution in [-0.2, 0) is 14.8 Å². The van der Waals surface area contributed by atoms with Gasteiger partial charge in [-0.05, 0) is 43.2 Å². The van der Waals surface area contributed by atoms with Crippen LogP contribution in [0.25, 0.3) is 0 Å². The van der Waals surface area contributed by atoms with E-state index in [1.54, 1.807) is 18.2 Å². The lowest BCUT2D eigenvalue weighted by atomic mass is 9.98. The Morgan fingerprint density at radius 3 is 2.45 bits per heavy atom. The van der Waals surface area contributed by atoms with Gasteiger partial charge in [-0.2, -0.15) is 4.31 Å². The van der Waals surface area contributed by atoms with Gasteiger partial charge in [-0.1, -0.05) is 40.9 Å². The molecule has 1 saturated heterocycles. The first-order chi connectivity index (χ1) is 13.7. The molecule has 1 heterocycles. The second kappa shape index (κ2) is 9.10. The summed E-state index contributed by atoms with van der Waals surface area (Å²) in [6.07, 6.45) is 1.11. The number of nitrogens with one attached hydrogen (secondary N) is 1. The molecular formula is C19H19Cl3N2O4S. The number of hydrogen-bond donors (Lipinski definition) is 1. The molecular weight excluding hydrogens is 459 g/mol. The Balaban J connectivity index is 1.77. The number of methoxy groups -OCH3 is 1. The van der Waals surface area contributed by atoms with Gasteiger partial charge in [0.2, 0.25) is 15.9 Å². The van der Waals surface area contributed by atoms with Gasteiger partial charge < -0.3 is 10.1 Å². The maximum absolute atomic E-state index is 13.0. The second-order valence-electron chi connectivity index (χ2n) is 6.58. The fourth-order valence-corrected chi connectivity index (χ4v) is 5.54. The Kier molecular flexibility index (Phi) is 6.96. The summed E-state index contributed by atoms with van der Waals surface area (Å²) < 4.78 is 32.4. The van der Waals surface area contributed by atoms with E-state index >= 15 is 0 Å². The van der Waals surface area contributed by atoms with Crippen molar-refractivity contribution in [1.82, 2.24) is 4.31 Å². The number of sulfonamides is 1. The van der Waals surface area contributed by atoms with Crippen LogP contribution in [0.5, 0.6) is 5.75 Å². The molecule has 1 N–H and O–H groups in total. The summed E-state index contributed by atoms with van der Waals surface area (Å²) in [5.74, 6) is -0.467. The molecule has 2 aromatic rings. The lowest BCUT2D eigenvalue weighted by Gasteiger charge is -2.31. The van der Waals surface area contributed by atoms with E-state index in [1.165, 1.54) is 29.6 Å². The van der Waals surface area contributed by atoms with Gasteiger partial charge in [-0.25, -0.2) is 8.42 Å². The Labute approximate surface area is 184 Å². The summed E-state index contributed by atoms with van der Waals surface area (Å²) in [5, 5.41) is 3.56. The molecule has 0 saturated carbocycles. The van der Waals surface area contributed by atoms with Crippen molar-refractivity contribution in [3.05, 3.63) is 51.5 Å². The molecule has 0 radical (unpaired) electrons. The van der Waals surface area contributed by atoms with Crippen molar-refractivity contribution in [2.45, 2.75) is 17.7 Å². The number of benzene rings is 2. The van der Waals surface area contributed by atoms with Crippen molar-refractivity contribution in [3.8, 4) is 5.75 Å². The SMILES string of the molecule is COc1ccc(S(=O)(=O)N2CCC[C@H](C(=O)Nc3c(Cl)cccc3Cl)C2)cc1Cl. The van der Waals surface area contributed by atoms with E-state index in [0.717, 1.165) is 0 Å². The minimum absolute atomic E-state index is 0.0542. The number of rotatable bonds is 5. The maximum atomic E-state index is 13.0. The molecule has 0 aliphatic carbocycles. The van der Waals surface area contributed by atoms with E-state index < -0.39 is 15.9 Å². The van der Waals surface area contributed by atoms with E-state index in [2.05, 4.69) is 5.32 Å². The van der Waals surface area contributed by atoms with Gasteiger partial charge in [0.25, 0.3) is 0 Å². The van der Waals surface area contributed by atoms with Gasteiger partial charge in [0.1, 0.15) is 5.75 Å². The summed E-state index contributed by atoms with van der Waals surface area (Å²) in [4.78, 5) is 12.8. The number of piperidine rings is 1. The minimum Gasteiger partial charge on any atom is -0.495 e. The Morgan fingerprint density at radius 1 is 1.14 bits per heavy atom. The average molecular weight is 478 g/mol. The Hall–Kier alpha value is -1.51. The summed E-state index contributed by atoms with van der Waals surface area (Å²) in [7, 11) is -2.35. The highest BCUT2D eigenvalue weighted by atomic mass is 35.5. The molecule has 6 nitrogen and oxygen atoms in total. The van der Waals surface area contributed by atoms with Crippen LogP contribution in [0.4, 0.5) is 5.69 Å². The Morgan fingerprint density at radius 2 is 1.83 bits per heavy atom. The second-order valence-corrected chi connectivity index (χ2v) is 9.74.